The average molecular weight is 310 g/mol. The molecule has 0 bridgehead atoms. The van der Waals surface area contributed by atoms with Gasteiger partial charge in [-0.1, -0.05) is 30.3 Å². The van der Waals surface area contributed by atoms with Crippen LogP contribution in [0.2, 0.25) is 0 Å². The lowest BCUT2D eigenvalue weighted by atomic mass is 10.1. The van der Waals surface area contributed by atoms with Crippen LogP contribution in [-0.2, 0) is 4.79 Å². The van der Waals surface area contributed by atoms with Gasteiger partial charge in [0.25, 0.3) is 0 Å². The first-order valence-corrected chi connectivity index (χ1v) is 8.00. The molecule has 2 aromatic rings. The van der Waals surface area contributed by atoms with E-state index in [1.54, 1.807) is 0 Å². The van der Waals surface area contributed by atoms with E-state index in [1.807, 2.05) is 56.3 Å². The Bertz CT molecular complexity index is 686. The minimum atomic E-state index is 0.0308. The summed E-state index contributed by atoms with van der Waals surface area (Å²) in [5, 5.41) is 6.22. The number of nitrogens with one attached hydrogen (secondary N) is 2. The molecule has 1 aliphatic heterocycles. The molecule has 0 aliphatic carbocycles. The number of carbonyl (C=O) groups excluding carboxylic acids is 1. The van der Waals surface area contributed by atoms with Gasteiger partial charge in [-0.2, -0.15) is 0 Å². The van der Waals surface area contributed by atoms with Crippen molar-refractivity contribution >= 4 is 11.6 Å². The maximum Gasteiger partial charge on any atom is 0.228 e. The summed E-state index contributed by atoms with van der Waals surface area (Å²) < 4.78 is 6.10. The van der Waals surface area contributed by atoms with Crippen LogP contribution in [0.3, 0.4) is 0 Å². The SMILES string of the molecule is Cc1cccc(C)c1Oc1ccccc1NC(=O)C1CCNC1. The fourth-order valence-corrected chi connectivity index (χ4v) is 2.84. The fourth-order valence-electron chi connectivity index (χ4n) is 2.84. The minimum absolute atomic E-state index is 0.0308. The fraction of sp³-hybridized carbons (Fsp3) is 0.316. The van der Waals surface area contributed by atoms with Crippen molar-refractivity contribution in [3.8, 4) is 11.5 Å². The molecule has 0 aromatic heterocycles. The van der Waals surface area contributed by atoms with Gasteiger partial charge in [0.1, 0.15) is 5.75 Å². The van der Waals surface area contributed by atoms with Crippen LogP contribution >= 0.6 is 0 Å². The zero-order chi connectivity index (χ0) is 16.2. The molecule has 1 aliphatic rings. The van der Waals surface area contributed by atoms with Gasteiger partial charge in [0.05, 0.1) is 11.6 Å². The van der Waals surface area contributed by atoms with Crippen LogP contribution in [0.15, 0.2) is 42.5 Å². The summed E-state index contributed by atoms with van der Waals surface area (Å²) in [6, 6.07) is 13.6. The number of anilines is 1. The third-order valence-electron chi connectivity index (χ3n) is 4.20. The number of amides is 1. The predicted molar refractivity (Wildman–Crippen MR) is 92.0 cm³/mol. The second-order valence-corrected chi connectivity index (χ2v) is 6.00. The molecule has 0 saturated carbocycles. The maximum atomic E-state index is 12.3. The summed E-state index contributed by atoms with van der Waals surface area (Å²) in [6.45, 7) is 5.69. The molecule has 1 saturated heterocycles. The van der Waals surface area contributed by atoms with Crippen LogP contribution in [0, 0.1) is 19.8 Å². The number of para-hydroxylation sites is 3. The molecule has 2 aromatic carbocycles. The molecule has 1 atom stereocenters. The van der Waals surface area contributed by atoms with E-state index < -0.39 is 0 Å². The van der Waals surface area contributed by atoms with Crippen LogP contribution in [0.1, 0.15) is 17.5 Å². The van der Waals surface area contributed by atoms with Gasteiger partial charge < -0.3 is 15.4 Å². The molecule has 4 nitrogen and oxygen atoms in total. The zero-order valence-electron chi connectivity index (χ0n) is 13.6. The number of aryl methyl sites for hydroxylation is 2. The van der Waals surface area contributed by atoms with Gasteiger partial charge in [-0.3, -0.25) is 4.79 Å². The normalized spacial score (nSPS) is 17.0. The first kappa shape index (κ1) is 15.6. The summed E-state index contributed by atoms with van der Waals surface area (Å²) in [4.78, 5) is 12.3. The molecule has 23 heavy (non-hydrogen) atoms. The van der Waals surface area contributed by atoms with Crippen molar-refractivity contribution in [3.63, 3.8) is 0 Å². The van der Waals surface area contributed by atoms with Crippen LogP contribution in [0.5, 0.6) is 11.5 Å². The van der Waals surface area contributed by atoms with Crippen LogP contribution in [-0.4, -0.2) is 19.0 Å². The Balaban J connectivity index is 1.82. The topological polar surface area (TPSA) is 50.4 Å². The van der Waals surface area contributed by atoms with Gasteiger partial charge in [-0.15, -0.1) is 0 Å². The minimum Gasteiger partial charge on any atom is -0.455 e. The molecule has 1 unspecified atom stereocenters. The maximum absolute atomic E-state index is 12.3. The summed E-state index contributed by atoms with van der Waals surface area (Å²) in [5.74, 6) is 1.59. The van der Waals surface area contributed by atoms with Crippen molar-refractivity contribution in [3.05, 3.63) is 53.6 Å². The number of hydrogen-bond donors (Lipinski definition) is 2. The molecule has 3 rings (SSSR count). The van der Waals surface area contributed by atoms with Gasteiger partial charge in [0.2, 0.25) is 5.91 Å². The van der Waals surface area contributed by atoms with Crippen LogP contribution in [0.25, 0.3) is 0 Å². The van der Waals surface area contributed by atoms with E-state index in [-0.39, 0.29) is 11.8 Å². The van der Waals surface area contributed by atoms with Crippen LogP contribution < -0.4 is 15.4 Å². The van der Waals surface area contributed by atoms with Gasteiger partial charge in [-0.05, 0) is 50.1 Å². The molecule has 120 valence electrons. The highest BCUT2D eigenvalue weighted by Crippen LogP contribution is 2.33. The van der Waals surface area contributed by atoms with Crippen molar-refractivity contribution < 1.29 is 9.53 Å². The Hall–Kier alpha value is -2.33. The second kappa shape index (κ2) is 6.84. The number of benzene rings is 2. The first-order valence-electron chi connectivity index (χ1n) is 8.00. The van der Waals surface area contributed by atoms with Gasteiger partial charge in [0.15, 0.2) is 5.75 Å². The van der Waals surface area contributed by atoms with Crippen molar-refractivity contribution in [2.24, 2.45) is 5.92 Å². The average Bonchev–Trinajstić information content (AvgIpc) is 3.07. The Morgan fingerprint density at radius 3 is 2.57 bits per heavy atom. The third kappa shape index (κ3) is 3.54. The summed E-state index contributed by atoms with van der Waals surface area (Å²) >= 11 is 0. The van der Waals surface area contributed by atoms with E-state index in [4.69, 9.17) is 4.74 Å². The monoisotopic (exact) mass is 310 g/mol. The van der Waals surface area contributed by atoms with Crippen molar-refractivity contribution in [1.82, 2.24) is 5.32 Å². The quantitative estimate of drug-likeness (QED) is 0.906. The molecule has 0 radical (unpaired) electrons. The standard InChI is InChI=1S/C19H22N2O2/c1-13-6-5-7-14(2)18(13)23-17-9-4-3-8-16(17)21-19(22)15-10-11-20-12-15/h3-9,15,20H,10-12H2,1-2H3,(H,21,22). The molecule has 1 amide bonds. The van der Waals surface area contributed by atoms with E-state index in [1.165, 1.54) is 0 Å². The Labute approximate surface area is 136 Å². The lowest BCUT2D eigenvalue weighted by Gasteiger charge is -2.16. The van der Waals surface area contributed by atoms with Gasteiger partial charge >= 0.3 is 0 Å². The van der Waals surface area contributed by atoms with Gasteiger partial charge in [0, 0.05) is 6.54 Å². The summed E-state index contributed by atoms with van der Waals surface area (Å²) in [5.41, 5.74) is 2.87. The van der Waals surface area contributed by atoms with E-state index in [0.717, 1.165) is 36.4 Å². The highest BCUT2D eigenvalue weighted by molar-refractivity contribution is 5.94. The second-order valence-electron chi connectivity index (χ2n) is 6.00. The number of rotatable bonds is 4. The number of carbonyl (C=O) groups is 1. The Morgan fingerprint density at radius 1 is 1.13 bits per heavy atom. The molecular formula is C19H22N2O2. The van der Waals surface area contributed by atoms with Crippen molar-refractivity contribution in [1.29, 1.82) is 0 Å². The highest BCUT2D eigenvalue weighted by atomic mass is 16.5. The Kier molecular flexibility index (Phi) is 4.63. The van der Waals surface area contributed by atoms with Gasteiger partial charge in [-0.25, -0.2) is 0 Å². The summed E-state index contributed by atoms with van der Waals surface area (Å²) in [6.07, 6.45) is 0.881. The molecule has 2 N–H and O–H groups in total. The third-order valence-corrected chi connectivity index (χ3v) is 4.20. The van der Waals surface area contributed by atoms with E-state index >= 15 is 0 Å². The van der Waals surface area contributed by atoms with Crippen molar-refractivity contribution in [2.75, 3.05) is 18.4 Å². The first-order chi connectivity index (χ1) is 11.1. The molecule has 1 fully saturated rings. The lowest BCUT2D eigenvalue weighted by Crippen LogP contribution is -2.24. The highest BCUT2D eigenvalue weighted by Gasteiger charge is 2.23. The van der Waals surface area contributed by atoms with E-state index in [0.29, 0.717) is 11.4 Å². The largest absolute Gasteiger partial charge is 0.455 e. The van der Waals surface area contributed by atoms with E-state index in [2.05, 4.69) is 10.6 Å². The van der Waals surface area contributed by atoms with E-state index in [9.17, 15) is 4.79 Å². The predicted octanol–water partition coefficient (Wildman–Crippen LogP) is 3.64. The lowest BCUT2D eigenvalue weighted by molar-refractivity contribution is -0.119. The summed E-state index contributed by atoms with van der Waals surface area (Å²) in [7, 11) is 0. The number of hydrogen-bond acceptors (Lipinski definition) is 3. The zero-order valence-corrected chi connectivity index (χ0v) is 13.6. The molecule has 4 heteroatoms. The molecular weight excluding hydrogens is 288 g/mol. The number of ether oxygens (including phenoxy) is 1. The Morgan fingerprint density at radius 2 is 1.87 bits per heavy atom. The van der Waals surface area contributed by atoms with Crippen LogP contribution in [0.4, 0.5) is 5.69 Å². The molecule has 1 heterocycles. The molecule has 0 spiro atoms. The smallest absolute Gasteiger partial charge is 0.228 e. The van der Waals surface area contributed by atoms with Crippen molar-refractivity contribution in [2.45, 2.75) is 20.3 Å².